The third kappa shape index (κ3) is 4.18. The fourth-order valence-electron chi connectivity index (χ4n) is 2.54. The van der Waals surface area contributed by atoms with Crippen molar-refractivity contribution >= 4 is 27.7 Å². The minimum Gasteiger partial charge on any atom is -0.315 e. The Labute approximate surface area is 127 Å². The van der Waals surface area contributed by atoms with E-state index in [1.54, 1.807) is 6.07 Å². The smallest absolute Gasteiger partial charge is 0.124 e. The second kappa shape index (κ2) is 7.07. The largest absolute Gasteiger partial charge is 0.315 e. The van der Waals surface area contributed by atoms with Crippen LogP contribution in [0, 0.1) is 5.82 Å². The fraction of sp³-hybridized carbons (Fsp3) is 0.571. The molecule has 2 unspecified atom stereocenters. The summed E-state index contributed by atoms with van der Waals surface area (Å²) < 4.78 is 14.2. The molecule has 0 radical (unpaired) electrons. The molecule has 0 aromatic heterocycles. The fourth-order valence-corrected chi connectivity index (χ4v) is 4.37. The van der Waals surface area contributed by atoms with Crippen LogP contribution in [0.3, 0.4) is 0 Å². The normalized spacial score (nSPS) is 22.4. The number of nitrogens with zero attached hydrogens (tertiary/aromatic N) is 1. The number of rotatable bonds is 4. The van der Waals surface area contributed by atoms with Gasteiger partial charge in [0.2, 0.25) is 0 Å². The predicted molar refractivity (Wildman–Crippen MR) is 84.4 cm³/mol. The molecule has 1 aliphatic rings. The highest BCUT2D eigenvalue weighted by Crippen LogP contribution is 2.21. The van der Waals surface area contributed by atoms with Crippen molar-refractivity contribution in [2.75, 3.05) is 32.1 Å². The number of nitrogens with one attached hydrogen (secondary N) is 1. The standard InChI is InChI=1S/C14H20BrFN2S/c1-17-13(14-9-19-4-3-18(14)2)7-10-5-11(15)8-12(16)6-10/h5-6,8,13-14,17H,3-4,7,9H2,1-2H3. The van der Waals surface area contributed by atoms with Gasteiger partial charge >= 0.3 is 0 Å². The average molecular weight is 347 g/mol. The van der Waals surface area contributed by atoms with Crippen LogP contribution >= 0.6 is 27.7 Å². The lowest BCUT2D eigenvalue weighted by Crippen LogP contribution is -2.52. The molecule has 1 saturated heterocycles. The lowest BCUT2D eigenvalue weighted by atomic mass is 9.99. The molecular weight excluding hydrogens is 327 g/mol. The van der Waals surface area contributed by atoms with Crippen LogP contribution in [0.5, 0.6) is 0 Å². The van der Waals surface area contributed by atoms with E-state index in [0.717, 1.165) is 28.8 Å². The minimum atomic E-state index is -0.175. The summed E-state index contributed by atoms with van der Waals surface area (Å²) in [6.07, 6.45) is 0.850. The van der Waals surface area contributed by atoms with Gasteiger partial charge in [-0.25, -0.2) is 4.39 Å². The molecule has 0 bridgehead atoms. The van der Waals surface area contributed by atoms with Crippen molar-refractivity contribution in [1.29, 1.82) is 0 Å². The average Bonchev–Trinajstić information content (AvgIpc) is 2.36. The van der Waals surface area contributed by atoms with Crippen LogP contribution in [0.15, 0.2) is 22.7 Å². The molecule has 1 heterocycles. The van der Waals surface area contributed by atoms with E-state index in [2.05, 4.69) is 33.2 Å². The lowest BCUT2D eigenvalue weighted by molar-refractivity contribution is 0.219. The first-order valence-electron chi connectivity index (χ1n) is 6.50. The summed E-state index contributed by atoms with van der Waals surface area (Å²) in [4.78, 5) is 2.41. The van der Waals surface area contributed by atoms with Crippen LogP contribution in [0.4, 0.5) is 4.39 Å². The van der Waals surface area contributed by atoms with Crippen molar-refractivity contribution in [3.8, 4) is 0 Å². The van der Waals surface area contributed by atoms with Gasteiger partial charge in [0.1, 0.15) is 5.82 Å². The van der Waals surface area contributed by atoms with Crippen LogP contribution in [0.1, 0.15) is 5.56 Å². The maximum Gasteiger partial charge on any atom is 0.124 e. The summed E-state index contributed by atoms with van der Waals surface area (Å²) in [7, 11) is 4.17. The van der Waals surface area contributed by atoms with Crippen molar-refractivity contribution in [3.63, 3.8) is 0 Å². The third-order valence-corrected chi connectivity index (χ3v) is 5.16. The molecule has 1 aromatic carbocycles. The summed E-state index contributed by atoms with van der Waals surface area (Å²) >= 11 is 5.36. The molecule has 1 aromatic rings. The molecule has 0 amide bonds. The maximum absolute atomic E-state index is 13.4. The molecule has 106 valence electrons. The van der Waals surface area contributed by atoms with Gasteiger partial charge in [-0.05, 0) is 44.3 Å². The van der Waals surface area contributed by atoms with Gasteiger partial charge in [0.15, 0.2) is 0 Å². The number of hydrogen-bond donors (Lipinski definition) is 1. The lowest BCUT2D eigenvalue weighted by Gasteiger charge is -2.37. The maximum atomic E-state index is 13.4. The first-order chi connectivity index (χ1) is 9.10. The Morgan fingerprint density at radius 1 is 1.53 bits per heavy atom. The van der Waals surface area contributed by atoms with Crippen molar-refractivity contribution < 1.29 is 4.39 Å². The molecule has 1 N–H and O–H groups in total. The second-order valence-corrected chi connectivity index (χ2v) is 7.07. The Bertz CT molecular complexity index is 410. The first-order valence-corrected chi connectivity index (χ1v) is 8.45. The van der Waals surface area contributed by atoms with Gasteiger partial charge in [-0.3, -0.25) is 0 Å². The van der Waals surface area contributed by atoms with E-state index in [1.165, 1.54) is 11.8 Å². The molecule has 5 heteroatoms. The summed E-state index contributed by atoms with van der Waals surface area (Å²) in [5, 5.41) is 3.40. The van der Waals surface area contributed by atoms with Crippen molar-refractivity contribution in [1.82, 2.24) is 10.2 Å². The van der Waals surface area contributed by atoms with Gasteiger partial charge in [0.05, 0.1) is 0 Å². The second-order valence-electron chi connectivity index (χ2n) is 5.00. The Kier molecular flexibility index (Phi) is 5.69. The molecular formula is C14H20BrFN2S. The minimum absolute atomic E-state index is 0.175. The summed E-state index contributed by atoms with van der Waals surface area (Å²) in [6, 6.07) is 5.99. The number of likely N-dealkylation sites (N-methyl/N-ethyl adjacent to an activating group) is 2. The van der Waals surface area contributed by atoms with Gasteiger partial charge in [0, 0.05) is 34.6 Å². The number of hydrogen-bond acceptors (Lipinski definition) is 3. The Hall–Kier alpha value is -0.100. The summed E-state index contributed by atoms with van der Waals surface area (Å²) in [6.45, 7) is 1.13. The summed E-state index contributed by atoms with van der Waals surface area (Å²) in [5.74, 6) is 2.17. The molecule has 0 aliphatic carbocycles. The number of halogens is 2. The first kappa shape index (κ1) is 15.3. The Morgan fingerprint density at radius 3 is 2.95 bits per heavy atom. The number of benzene rings is 1. The van der Waals surface area contributed by atoms with Gasteiger partial charge < -0.3 is 10.2 Å². The van der Waals surface area contributed by atoms with Crippen molar-refractivity contribution in [2.45, 2.75) is 18.5 Å². The zero-order valence-corrected chi connectivity index (χ0v) is 13.7. The van der Waals surface area contributed by atoms with Gasteiger partial charge in [-0.15, -0.1) is 0 Å². The molecule has 1 aliphatic heterocycles. The van der Waals surface area contributed by atoms with Crippen LogP contribution in [0.25, 0.3) is 0 Å². The molecule has 2 atom stereocenters. The quantitative estimate of drug-likeness (QED) is 0.902. The van der Waals surface area contributed by atoms with E-state index in [1.807, 2.05) is 24.9 Å². The molecule has 1 fully saturated rings. The van der Waals surface area contributed by atoms with E-state index < -0.39 is 0 Å². The monoisotopic (exact) mass is 346 g/mol. The van der Waals surface area contributed by atoms with E-state index in [0.29, 0.717) is 12.1 Å². The van der Waals surface area contributed by atoms with Crippen LogP contribution < -0.4 is 5.32 Å². The third-order valence-electron chi connectivity index (χ3n) is 3.66. The Morgan fingerprint density at radius 2 is 2.32 bits per heavy atom. The molecule has 2 nitrogen and oxygen atoms in total. The van der Waals surface area contributed by atoms with Crippen molar-refractivity contribution in [2.24, 2.45) is 0 Å². The molecule has 19 heavy (non-hydrogen) atoms. The van der Waals surface area contributed by atoms with Gasteiger partial charge in [-0.1, -0.05) is 15.9 Å². The van der Waals surface area contributed by atoms with E-state index in [4.69, 9.17) is 0 Å². The topological polar surface area (TPSA) is 15.3 Å². The van der Waals surface area contributed by atoms with Gasteiger partial charge in [0.25, 0.3) is 0 Å². The van der Waals surface area contributed by atoms with E-state index in [-0.39, 0.29) is 5.82 Å². The van der Waals surface area contributed by atoms with Crippen molar-refractivity contribution in [3.05, 3.63) is 34.1 Å². The Balaban J connectivity index is 2.09. The van der Waals surface area contributed by atoms with Crippen LogP contribution in [0.2, 0.25) is 0 Å². The SMILES string of the molecule is CNC(Cc1cc(F)cc(Br)c1)C1CSCCN1C. The highest BCUT2D eigenvalue weighted by Gasteiger charge is 2.27. The molecule has 0 spiro atoms. The zero-order valence-electron chi connectivity index (χ0n) is 11.3. The highest BCUT2D eigenvalue weighted by molar-refractivity contribution is 9.10. The number of thioether (sulfide) groups is 1. The summed E-state index contributed by atoms with van der Waals surface area (Å²) in [5.41, 5.74) is 1.04. The molecule has 0 saturated carbocycles. The van der Waals surface area contributed by atoms with E-state index >= 15 is 0 Å². The highest BCUT2D eigenvalue weighted by atomic mass is 79.9. The molecule has 2 rings (SSSR count). The van der Waals surface area contributed by atoms with Crippen LogP contribution in [-0.4, -0.2) is 49.1 Å². The van der Waals surface area contributed by atoms with Crippen LogP contribution in [-0.2, 0) is 6.42 Å². The predicted octanol–water partition coefficient (Wildman–Crippen LogP) is 2.77. The van der Waals surface area contributed by atoms with Gasteiger partial charge in [-0.2, -0.15) is 11.8 Å². The zero-order chi connectivity index (χ0) is 13.8. The van der Waals surface area contributed by atoms with E-state index in [9.17, 15) is 4.39 Å².